The van der Waals surface area contributed by atoms with Crippen LogP contribution in [0.4, 0.5) is 0 Å². The van der Waals surface area contributed by atoms with Gasteiger partial charge >= 0.3 is 0 Å². The van der Waals surface area contributed by atoms with Crippen molar-refractivity contribution in [2.24, 2.45) is 0 Å². The molecule has 1 aromatic heterocycles. The predicted molar refractivity (Wildman–Crippen MR) is 50.7 cm³/mol. The smallest absolute Gasteiger partial charge is 0.196 e. The van der Waals surface area contributed by atoms with Crippen LogP contribution in [0.5, 0.6) is 11.5 Å². The van der Waals surface area contributed by atoms with Gasteiger partial charge < -0.3 is 14.3 Å². The van der Waals surface area contributed by atoms with Gasteiger partial charge in [-0.15, -0.1) is 0 Å². The first-order valence-corrected chi connectivity index (χ1v) is 4.01. The molecule has 2 aromatic rings. The van der Waals surface area contributed by atoms with Crippen LogP contribution >= 0.6 is 0 Å². The van der Waals surface area contributed by atoms with Gasteiger partial charge in [-0.1, -0.05) is 0 Å². The number of fused-ring (bicyclic) bond motifs is 1. The van der Waals surface area contributed by atoms with Gasteiger partial charge in [0.15, 0.2) is 5.43 Å². The highest BCUT2D eigenvalue weighted by molar-refractivity contribution is 5.84. The van der Waals surface area contributed by atoms with E-state index in [1.165, 1.54) is 31.6 Å². The molecule has 0 bridgehead atoms. The van der Waals surface area contributed by atoms with E-state index >= 15 is 0 Å². The van der Waals surface area contributed by atoms with Crippen LogP contribution in [0.15, 0.2) is 33.7 Å². The molecule has 0 aliphatic carbocycles. The first-order chi connectivity index (χ1) is 6.72. The number of benzene rings is 1. The van der Waals surface area contributed by atoms with Crippen molar-refractivity contribution in [1.29, 1.82) is 0 Å². The highest BCUT2D eigenvalue weighted by Gasteiger charge is 2.08. The number of methoxy groups -OCH3 is 1. The van der Waals surface area contributed by atoms with Crippen molar-refractivity contribution in [2.45, 2.75) is 0 Å². The van der Waals surface area contributed by atoms with Gasteiger partial charge in [0.05, 0.1) is 13.4 Å². The SMILES string of the molecule is COc1cc(O)cc2occc(=O)c12. The minimum atomic E-state index is -0.192. The fraction of sp³-hybridized carbons (Fsp3) is 0.100. The van der Waals surface area contributed by atoms with Gasteiger partial charge in [0.2, 0.25) is 0 Å². The standard InChI is InChI=1S/C10H8O4/c1-13-8-4-6(11)5-9-10(8)7(12)2-3-14-9/h2-5,11H,1H3. The second kappa shape index (κ2) is 3.06. The van der Waals surface area contributed by atoms with Gasteiger partial charge in [0.1, 0.15) is 22.5 Å². The average Bonchev–Trinajstić information content (AvgIpc) is 2.16. The second-order valence-electron chi connectivity index (χ2n) is 2.81. The Morgan fingerprint density at radius 1 is 1.43 bits per heavy atom. The van der Waals surface area contributed by atoms with Crippen LogP contribution in [-0.2, 0) is 0 Å². The van der Waals surface area contributed by atoms with Crippen LogP contribution < -0.4 is 10.2 Å². The van der Waals surface area contributed by atoms with Gasteiger partial charge in [-0.05, 0) is 0 Å². The maximum atomic E-state index is 11.4. The third-order valence-corrected chi connectivity index (χ3v) is 1.93. The molecule has 72 valence electrons. The summed E-state index contributed by atoms with van der Waals surface area (Å²) in [7, 11) is 1.43. The predicted octanol–water partition coefficient (Wildman–Crippen LogP) is 1.51. The number of phenols is 1. The molecule has 0 fully saturated rings. The van der Waals surface area contributed by atoms with Crippen LogP contribution in [0.1, 0.15) is 0 Å². The fourth-order valence-corrected chi connectivity index (χ4v) is 1.33. The summed E-state index contributed by atoms with van der Waals surface area (Å²) in [6, 6.07) is 4.06. The van der Waals surface area contributed by atoms with Gasteiger partial charge in [0.25, 0.3) is 0 Å². The number of ether oxygens (including phenoxy) is 1. The molecule has 0 spiro atoms. The maximum Gasteiger partial charge on any atom is 0.196 e. The lowest BCUT2D eigenvalue weighted by atomic mass is 10.2. The minimum Gasteiger partial charge on any atom is -0.508 e. The first kappa shape index (κ1) is 8.62. The molecule has 0 amide bonds. The lowest BCUT2D eigenvalue weighted by Crippen LogP contribution is -2.00. The Morgan fingerprint density at radius 2 is 2.21 bits per heavy atom. The lowest BCUT2D eigenvalue weighted by Gasteiger charge is -2.03. The Balaban J connectivity index is 2.96. The summed E-state index contributed by atoms with van der Waals surface area (Å²) in [5.74, 6) is 0.318. The zero-order valence-corrected chi connectivity index (χ0v) is 7.48. The molecule has 0 aliphatic heterocycles. The zero-order valence-electron chi connectivity index (χ0n) is 7.48. The van der Waals surface area contributed by atoms with E-state index in [-0.39, 0.29) is 11.2 Å². The lowest BCUT2D eigenvalue weighted by molar-refractivity contribution is 0.411. The van der Waals surface area contributed by atoms with Crippen molar-refractivity contribution in [2.75, 3.05) is 7.11 Å². The molecule has 0 unspecified atom stereocenters. The number of hydrogen-bond donors (Lipinski definition) is 1. The second-order valence-corrected chi connectivity index (χ2v) is 2.81. The summed E-state index contributed by atoms with van der Waals surface area (Å²) in [6.07, 6.45) is 1.28. The van der Waals surface area contributed by atoms with Crippen molar-refractivity contribution < 1.29 is 14.3 Å². The van der Waals surface area contributed by atoms with Crippen LogP contribution in [0, 0.1) is 0 Å². The van der Waals surface area contributed by atoms with Crippen molar-refractivity contribution in [1.82, 2.24) is 0 Å². The van der Waals surface area contributed by atoms with E-state index in [4.69, 9.17) is 9.15 Å². The third-order valence-electron chi connectivity index (χ3n) is 1.93. The maximum absolute atomic E-state index is 11.4. The van der Waals surface area contributed by atoms with Crippen LogP contribution in [-0.4, -0.2) is 12.2 Å². The summed E-state index contributed by atoms with van der Waals surface area (Å²) in [5, 5.41) is 9.63. The molecule has 4 nitrogen and oxygen atoms in total. The molecule has 1 aromatic carbocycles. The van der Waals surface area contributed by atoms with E-state index in [0.29, 0.717) is 16.7 Å². The molecule has 0 radical (unpaired) electrons. The van der Waals surface area contributed by atoms with E-state index in [0.717, 1.165) is 0 Å². The zero-order chi connectivity index (χ0) is 10.1. The van der Waals surface area contributed by atoms with E-state index in [9.17, 15) is 9.90 Å². The van der Waals surface area contributed by atoms with Crippen molar-refractivity contribution in [3.8, 4) is 11.5 Å². The molecule has 1 N–H and O–H groups in total. The third kappa shape index (κ3) is 1.21. The highest BCUT2D eigenvalue weighted by atomic mass is 16.5. The van der Waals surface area contributed by atoms with Gasteiger partial charge in [0, 0.05) is 18.2 Å². The Morgan fingerprint density at radius 3 is 2.93 bits per heavy atom. The summed E-state index contributed by atoms with van der Waals surface area (Å²) < 4.78 is 10.0. The van der Waals surface area contributed by atoms with Crippen molar-refractivity contribution in [3.63, 3.8) is 0 Å². The molecular weight excluding hydrogens is 184 g/mol. The Hall–Kier alpha value is -1.97. The van der Waals surface area contributed by atoms with E-state index in [1.807, 2.05) is 0 Å². The van der Waals surface area contributed by atoms with Crippen LogP contribution in [0.3, 0.4) is 0 Å². The van der Waals surface area contributed by atoms with E-state index in [1.54, 1.807) is 0 Å². The normalized spacial score (nSPS) is 10.4. The number of hydrogen-bond acceptors (Lipinski definition) is 4. The van der Waals surface area contributed by atoms with E-state index in [2.05, 4.69) is 0 Å². The summed E-state index contributed by atoms with van der Waals surface area (Å²) in [6.45, 7) is 0. The molecule has 2 rings (SSSR count). The van der Waals surface area contributed by atoms with Crippen LogP contribution in [0.2, 0.25) is 0 Å². The molecular formula is C10H8O4. The monoisotopic (exact) mass is 192 g/mol. The quantitative estimate of drug-likeness (QED) is 0.743. The number of phenolic OH excluding ortho intramolecular Hbond substituents is 1. The topological polar surface area (TPSA) is 59.7 Å². The van der Waals surface area contributed by atoms with Crippen molar-refractivity contribution in [3.05, 3.63) is 34.7 Å². The first-order valence-electron chi connectivity index (χ1n) is 4.01. The van der Waals surface area contributed by atoms with Gasteiger partial charge in [-0.2, -0.15) is 0 Å². The number of aromatic hydroxyl groups is 1. The Labute approximate surface area is 79.4 Å². The van der Waals surface area contributed by atoms with Gasteiger partial charge in [-0.3, -0.25) is 4.79 Å². The largest absolute Gasteiger partial charge is 0.508 e. The van der Waals surface area contributed by atoms with Gasteiger partial charge in [-0.25, -0.2) is 0 Å². The Kier molecular flexibility index (Phi) is 1.89. The Bertz CT molecular complexity index is 527. The van der Waals surface area contributed by atoms with E-state index < -0.39 is 0 Å². The summed E-state index contributed by atoms with van der Waals surface area (Å²) in [5.41, 5.74) is 0.123. The molecule has 0 saturated carbocycles. The molecule has 4 heteroatoms. The summed E-state index contributed by atoms with van der Waals surface area (Å²) >= 11 is 0. The summed E-state index contributed by atoms with van der Waals surface area (Å²) in [4.78, 5) is 11.4. The number of rotatable bonds is 1. The average molecular weight is 192 g/mol. The molecule has 1 heterocycles. The molecule has 0 atom stereocenters. The molecule has 0 saturated heterocycles. The fourth-order valence-electron chi connectivity index (χ4n) is 1.33. The van der Waals surface area contributed by atoms with Crippen LogP contribution in [0.25, 0.3) is 11.0 Å². The molecule has 0 aliphatic rings. The minimum absolute atomic E-state index is 0.00343. The highest BCUT2D eigenvalue weighted by Crippen LogP contribution is 2.27. The van der Waals surface area contributed by atoms with Crippen molar-refractivity contribution >= 4 is 11.0 Å². The molecule has 14 heavy (non-hydrogen) atoms.